The number of methoxy groups -OCH3 is 2. The summed E-state index contributed by atoms with van der Waals surface area (Å²) in [4.78, 5) is 16.2. The Morgan fingerprint density at radius 3 is 2.27 bits per heavy atom. The number of hydrogen-bond acceptors (Lipinski definition) is 4. The van der Waals surface area contributed by atoms with E-state index in [4.69, 9.17) is 9.47 Å². The van der Waals surface area contributed by atoms with Gasteiger partial charge < -0.3 is 14.8 Å². The Bertz CT molecular complexity index is 654. The molecule has 0 unspecified atom stereocenters. The fraction of sp³-hybridized carbons (Fsp3) is 0.294. The summed E-state index contributed by atoms with van der Waals surface area (Å²) in [5.74, 6) is 1.14. The normalized spacial score (nSPS) is 10.9. The van der Waals surface area contributed by atoms with Crippen molar-refractivity contribution in [3.8, 4) is 11.5 Å². The lowest BCUT2D eigenvalue weighted by Gasteiger charge is -2.27. The van der Waals surface area contributed by atoms with Crippen LogP contribution in [-0.4, -0.2) is 25.1 Å². The van der Waals surface area contributed by atoms with Crippen LogP contribution in [0.3, 0.4) is 0 Å². The highest BCUT2D eigenvalue weighted by molar-refractivity contribution is 5.94. The van der Waals surface area contributed by atoms with Crippen molar-refractivity contribution in [1.29, 1.82) is 0 Å². The molecule has 2 rings (SSSR count). The maximum Gasteiger partial charge on any atom is 0.252 e. The molecule has 22 heavy (non-hydrogen) atoms. The number of carbonyl (C=O) groups is 1. The molecule has 2 aromatic rings. The van der Waals surface area contributed by atoms with Gasteiger partial charge in [0.2, 0.25) is 0 Å². The van der Waals surface area contributed by atoms with E-state index in [1.165, 1.54) is 0 Å². The number of ether oxygens (including phenoxy) is 2. The van der Waals surface area contributed by atoms with E-state index in [0.717, 1.165) is 5.56 Å². The summed E-state index contributed by atoms with van der Waals surface area (Å²) in [6, 6.07) is 8.97. The van der Waals surface area contributed by atoms with Crippen LogP contribution in [0, 0.1) is 0 Å². The summed E-state index contributed by atoms with van der Waals surface area (Å²) in [5.41, 5.74) is 0.941. The smallest absolute Gasteiger partial charge is 0.252 e. The summed E-state index contributed by atoms with van der Waals surface area (Å²) in [6.07, 6.45) is 3.19. The van der Waals surface area contributed by atoms with E-state index < -0.39 is 5.54 Å². The van der Waals surface area contributed by atoms with Gasteiger partial charge in [-0.05, 0) is 43.7 Å². The molecular formula is C17H20N2O3. The first-order valence-corrected chi connectivity index (χ1v) is 6.93. The second kappa shape index (κ2) is 6.47. The Kier molecular flexibility index (Phi) is 4.65. The van der Waals surface area contributed by atoms with Crippen LogP contribution >= 0.6 is 0 Å². The zero-order chi connectivity index (χ0) is 16.2. The van der Waals surface area contributed by atoms with E-state index in [1.807, 2.05) is 32.0 Å². The van der Waals surface area contributed by atoms with Crippen molar-refractivity contribution >= 4 is 5.91 Å². The summed E-state index contributed by atoms with van der Waals surface area (Å²) in [5, 5.41) is 3.01. The fourth-order valence-corrected chi connectivity index (χ4v) is 2.16. The molecule has 0 saturated carbocycles. The lowest BCUT2D eigenvalue weighted by Crippen LogP contribution is -2.41. The number of nitrogens with one attached hydrogen (secondary N) is 1. The molecule has 5 heteroatoms. The standard InChI is InChI=1S/C17H20N2O3/c1-17(2,19-16(20)12-7-9-18-10-8-12)13-5-6-14(21-3)15(11-13)22-4/h5-11H,1-4H3,(H,19,20). The van der Waals surface area contributed by atoms with Crippen LogP contribution in [0.2, 0.25) is 0 Å². The lowest BCUT2D eigenvalue weighted by atomic mass is 9.93. The van der Waals surface area contributed by atoms with Gasteiger partial charge in [-0.1, -0.05) is 6.07 Å². The predicted octanol–water partition coefficient (Wildman–Crippen LogP) is 2.76. The Balaban J connectivity index is 2.25. The zero-order valence-corrected chi connectivity index (χ0v) is 13.2. The second-order valence-corrected chi connectivity index (χ2v) is 5.38. The molecule has 0 aliphatic rings. The number of carbonyl (C=O) groups excluding carboxylic acids is 1. The van der Waals surface area contributed by atoms with Gasteiger partial charge in [0, 0.05) is 18.0 Å². The zero-order valence-electron chi connectivity index (χ0n) is 13.2. The molecule has 5 nitrogen and oxygen atoms in total. The number of benzene rings is 1. The number of nitrogens with zero attached hydrogens (tertiary/aromatic N) is 1. The van der Waals surface area contributed by atoms with E-state index >= 15 is 0 Å². The first kappa shape index (κ1) is 15.8. The van der Waals surface area contributed by atoms with Crippen LogP contribution < -0.4 is 14.8 Å². The molecule has 1 aromatic heterocycles. The Labute approximate surface area is 130 Å². The SMILES string of the molecule is COc1ccc(C(C)(C)NC(=O)c2ccncc2)cc1OC. The van der Waals surface area contributed by atoms with Gasteiger partial charge in [-0.25, -0.2) is 0 Å². The Morgan fingerprint density at radius 1 is 1.05 bits per heavy atom. The minimum Gasteiger partial charge on any atom is -0.493 e. The summed E-state index contributed by atoms with van der Waals surface area (Å²) in [6.45, 7) is 3.88. The molecule has 0 radical (unpaired) electrons. The van der Waals surface area contributed by atoms with Gasteiger partial charge in [0.05, 0.1) is 19.8 Å². The molecular weight excluding hydrogens is 280 g/mol. The minimum absolute atomic E-state index is 0.151. The van der Waals surface area contributed by atoms with E-state index in [2.05, 4.69) is 10.3 Å². The molecule has 116 valence electrons. The minimum atomic E-state index is -0.556. The van der Waals surface area contributed by atoms with Crippen LogP contribution in [-0.2, 0) is 5.54 Å². The summed E-state index contributed by atoms with van der Waals surface area (Å²) < 4.78 is 10.6. The van der Waals surface area contributed by atoms with Gasteiger partial charge in [-0.15, -0.1) is 0 Å². The third kappa shape index (κ3) is 3.36. The molecule has 1 amide bonds. The van der Waals surface area contributed by atoms with Crippen molar-refractivity contribution in [3.63, 3.8) is 0 Å². The molecule has 0 fully saturated rings. The Morgan fingerprint density at radius 2 is 1.68 bits per heavy atom. The topological polar surface area (TPSA) is 60.5 Å². The molecule has 1 heterocycles. The van der Waals surface area contributed by atoms with E-state index in [9.17, 15) is 4.79 Å². The van der Waals surface area contributed by atoms with Gasteiger partial charge >= 0.3 is 0 Å². The third-order valence-electron chi connectivity index (χ3n) is 3.47. The second-order valence-electron chi connectivity index (χ2n) is 5.38. The van der Waals surface area contributed by atoms with Gasteiger partial charge in [0.15, 0.2) is 11.5 Å². The number of amides is 1. The number of pyridine rings is 1. The number of rotatable bonds is 5. The average Bonchev–Trinajstić information content (AvgIpc) is 2.54. The lowest BCUT2D eigenvalue weighted by molar-refractivity contribution is 0.0912. The van der Waals surface area contributed by atoms with Crippen molar-refractivity contribution in [2.75, 3.05) is 14.2 Å². The van der Waals surface area contributed by atoms with Crippen molar-refractivity contribution in [3.05, 3.63) is 53.9 Å². The van der Waals surface area contributed by atoms with Crippen molar-refractivity contribution in [1.82, 2.24) is 10.3 Å². The highest BCUT2D eigenvalue weighted by Gasteiger charge is 2.24. The van der Waals surface area contributed by atoms with Gasteiger partial charge in [-0.3, -0.25) is 9.78 Å². The van der Waals surface area contributed by atoms with Gasteiger partial charge in [0.1, 0.15) is 0 Å². The molecule has 0 saturated heterocycles. The molecule has 1 N–H and O–H groups in total. The predicted molar refractivity (Wildman–Crippen MR) is 84.3 cm³/mol. The van der Waals surface area contributed by atoms with Crippen LogP contribution in [0.5, 0.6) is 11.5 Å². The third-order valence-corrected chi connectivity index (χ3v) is 3.47. The monoisotopic (exact) mass is 300 g/mol. The van der Waals surface area contributed by atoms with Gasteiger partial charge in [-0.2, -0.15) is 0 Å². The molecule has 1 aromatic carbocycles. The van der Waals surface area contributed by atoms with Crippen molar-refractivity contribution < 1.29 is 14.3 Å². The average molecular weight is 300 g/mol. The van der Waals surface area contributed by atoms with Crippen LogP contribution in [0.1, 0.15) is 29.8 Å². The van der Waals surface area contributed by atoms with E-state index in [1.54, 1.807) is 38.7 Å². The summed E-state index contributed by atoms with van der Waals surface area (Å²) >= 11 is 0. The highest BCUT2D eigenvalue weighted by Crippen LogP contribution is 2.32. The van der Waals surface area contributed by atoms with E-state index in [-0.39, 0.29) is 5.91 Å². The molecule has 0 spiro atoms. The maximum atomic E-state index is 12.3. The van der Waals surface area contributed by atoms with Crippen LogP contribution in [0.25, 0.3) is 0 Å². The maximum absolute atomic E-state index is 12.3. The first-order valence-electron chi connectivity index (χ1n) is 6.93. The van der Waals surface area contributed by atoms with Crippen molar-refractivity contribution in [2.45, 2.75) is 19.4 Å². The largest absolute Gasteiger partial charge is 0.493 e. The van der Waals surface area contributed by atoms with Crippen LogP contribution in [0.15, 0.2) is 42.7 Å². The Hall–Kier alpha value is -2.56. The molecule has 0 atom stereocenters. The fourth-order valence-electron chi connectivity index (χ4n) is 2.16. The molecule has 0 bridgehead atoms. The summed E-state index contributed by atoms with van der Waals surface area (Å²) in [7, 11) is 3.18. The first-order chi connectivity index (χ1) is 10.5. The van der Waals surface area contributed by atoms with E-state index in [0.29, 0.717) is 17.1 Å². The molecule has 0 aliphatic carbocycles. The van der Waals surface area contributed by atoms with Crippen LogP contribution in [0.4, 0.5) is 0 Å². The van der Waals surface area contributed by atoms with Gasteiger partial charge in [0.25, 0.3) is 5.91 Å². The molecule has 0 aliphatic heterocycles. The number of hydrogen-bond donors (Lipinski definition) is 1. The van der Waals surface area contributed by atoms with Crippen molar-refractivity contribution in [2.24, 2.45) is 0 Å². The number of aromatic nitrogens is 1. The highest BCUT2D eigenvalue weighted by atomic mass is 16.5. The quantitative estimate of drug-likeness (QED) is 0.922.